The summed E-state index contributed by atoms with van der Waals surface area (Å²) in [6.07, 6.45) is 4.79. The van der Waals surface area contributed by atoms with E-state index >= 15 is 0 Å². The number of pyridine rings is 2. The predicted molar refractivity (Wildman–Crippen MR) is 103 cm³/mol. The number of methoxy groups -OCH3 is 1. The molecule has 0 aromatic carbocycles. The van der Waals surface area contributed by atoms with E-state index in [0.717, 1.165) is 42.4 Å². The van der Waals surface area contributed by atoms with E-state index in [1.165, 1.54) is 0 Å². The number of fused-ring (bicyclic) bond motifs is 1. The number of hydrogen-bond acceptors (Lipinski definition) is 8. The van der Waals surface area contributed by atoms with Crippen molar-refractivity contribution in [3.8, 4) is 28.5 Å². The molecule has 1 aliphatic heterocycles. The fraction of sp³-hybridized carbons (Fsp3) is 0.278. The highest BCUT2D eigenvalue weighted by molar-refractivity contribution is 5.70. The zero-order valence-electron chi connectivity index (χ0n) is 15.3. The first-order chi connectivity index (χ1) is 13.8. The summed E-state index contributed by atoms with van der Waals surface area (Å²) in [5, 5.41) is 21.1. The third-order valence-electron chi connectivity index (χ3n) is 4.84. The van der Waals surface area contributed by atoms with Crippen LogP contribution in [0.5, 0.6) is 5.75 Å². The molecule has 5 rings (SSSR count). The van der Waals surface area contributed by atoms with Crippen molar-refractivity contribution in [2.75, 3.05) is 25.5 Å². The van der Waals surface area contributed by atoms with Crippen LogP contribution in [0, 0.1) is 0 Å². The van der Waals surface area contributed by atoms with E-state index in [2.05, 4.69) is 36.2 Å². The fourth-order valence-electron chi connectivity index (χ4n) is 3.45. The lowest BCUT2D eigenvalue weighted by atomic mass is 10.2. The Balaban J connectivity index is 1.57. The Morgan fingerprint density at radius 1 is 1.32 bits per heavy atom. The number of nitrogens with zero attached hydrogens (tertiary/aromatic N) is 6. The molecule has 0 aliphatic carbocycles. The molecule has 1 fully saturated rings. The maximum Gasteiger partial charge on any atom is 0.209 e. The summed E-state index contributed by atoms with van der Waals surface area (Å²) in [5.74, 6) is 1.94. The van der Waals surface area contributed by atoms with Crippen LogP contribution in [-0.2, 0) is 0 Å². The summed E-state index contributed by atoms with van der Waals surface area (Å²) >= 11 is 0. The van der Waals surface area contributed by atoms with Gasteiger partial charge in [-0.2, -0.15) is 5.21 Å². The quantitative estimate of drug-likeness (QED) is 0.477. The summed E-state index contributed by atoms with van der Waals surface area (Å²) < 4.78 is 7.43. The van der Waals surface area contributed by atoms with E-state index in [-0.39, 0.29) is 0 Å². The fourth-order valence-corrected chi connectivity index (χ4v) is 3.45. The van der Waals surface area contributed by atoms with Crippen molar-refractivity contribution in [1.29, 1.82) is 0 Å². The Morgan fingerprint density at radius 3 is 3.07 bits per heavy atom. The molecule has 1 atom stereocenters. The molecule has 4 aromatic heterocycles. The van der Waals surface area contributed by atoms with Gasteiger partial charge in [-0.05, 0) is 30.3 Å². The van der Waals surface area contributed by atoms with Gasteiger partial charge in [0.1, 0.15) is 17.2 Å². The molecular weight excluding hydrogens is 358 g/mol. The Hall–Kier alpha value is -3.53. The van der Waals surface area contributed by atoms with Crippen LogP contribution in [0.25, 0.3) is 28.4 Å². The largest absolute Gasteiger partial charge is 0.496 e. The molecule has 10 heteroatoms. The minimum absolute atomic E-state index is 0.402. The molecule has 0 bridgehead atoms. The number of anilines is 1. The summed E-state index contributed by atoms with van der Waals surface area (Å²) in [6.45, 7) is 1.99. The van der Waals surface area contributed by atoms with Crippen LogP contribution in [0.15, 0.2) is 36.7 Å². The van der Waals surface area contributed by atoms with Gasteiger partial charge in [0.2, 0.25) is 5.82 Å². The molecule has 1 unspecified atom stereocenters. The lowest BCUT2D eigenvalue weighted by Gasteiger charge is -2.13. The van der Waals surface area contributed by atoms with Gasteiger partial charge < -0.3 is 15.4 Å². The SMILES string of the molecule is COc1cc2ncc(-c3cccc(NC4CCNC4)n3)n2cc1-c1nn[nH]n1. The Kier molecular flexibility index (Phi) is 4.09. The molecule has 4 aromatic rings. The van der Waals surface area contributed by atoms with Gasteiger partial charge in [0.15, 0.2) is 0 Å². The zero-order valence-corrected chi connectivity index (χ0v) is 15.3. The third-order valence-corrected chi connectivity index (χ3v) is 4.84. The van der Waals surface area contributed by atoms with E-state index in [9.17, 15) is 0 Å². The lowest BCUT2D eigenvalue weighted by molar-refractivity contribution is 0.416. The number of hydrogen-bond donors (Lipinski definition) is 3. The molecule has 0 saturated carbocycles. The third kappa shape index (κ3) is 2.93. The van der Waals surface area contributed by atoms with Crippen LogP contribution in [0.3, 0.4) is 0 Å². The van der Waals surface area contributed by atoms with E-state index in [1.807, 2.05) is 34.9 Å². The minimum atomic E-state index is 0.402. The van der Waals surface area contributed by atoms with Crippen molar-refractivity contribution in [2.45, 2.75) is 12.5 Å². The number of ether oxygens (including phenoxy) is 1. The number of tetrazole rings is 1. The minimum Gasteiger partial charge on any atom is -0.496 e. The first-order valence-corrected chi connectivity index (χ1v) is 9.05. The van der Waals surface area contributed by atoms with Crippen molar-refractivity contribution in [2.24, 2.45) is 0 Å². The molecule has 28 heavy (non-hydrogen) atoms. The van der Waals surface area contributed by atoms with Crippen LogP contribution in [-0.4, -0.2) is 61.2 Å². The van der Waals surface area contributed by atoms with E-state index in [1.54, 1.807) is 13.3 Å². The standard InChI is InChI=1S/C18H19N9O/c1-28-15-7-17-20-9-14(27(17)10-12(15)18-23-25-26-24-18)13-3-2-4-16(22-13)21-11-5-6-19-8-11/h2-4,7,9-11,19H,5-6,8H2,1H3,(H,21,22)(H,23,24,25,26). The van der Waals surface area contributed by atoms with Crippen LogP contribution < -0.4 is 15.4 Å². The Labute approximate surface area is 160 Å². The maximum absolute atomic E-state index is 5.48. The van der Waals surface area contributed by atoms with Crippen molar-refractivity contribution in [3.05, 3.63) is 36.7 Å². The highest BCUT2D eigenvalue weighted by Crippen LogP contribution is 2.30. The van der Waals surface area contributed by atoms with Gasteiger partial charge >= 0.3 is 0 Å². The Morgan fingerprint density at radius 2 is 2.29 bits per heavy atom. The summed E-state index contributed by atoms with van der Waals surface area (Å²) in [4.78, 5) is 9.29. The first kappa shape index (κ1) is 16.6. The molecule has 1 saturated heterocycles. The van der Waals surface area contributed by atoms with Gasteiger partial charge in [-0.3, -0.25) is 4.40 Å². The lowest BCUT2D eigenvalue weighted by Crippen LogP contribution is -2.22. The van der Waals surface area contributed by atoms with Crippen molar-refractivity contribution in [3.63, 3.8) is 0 Å². The molecule has 0 amide bonds. The van der Waals surface area contributed by atoms with Crippen LogP contribution in [0.1, 0.15) is 6.42 Å². The summed E-state index contributed by atoms with van der Waals surface area (Å²) in [6, 6.07) is 8.20. The van der Waals surface area contributed by atoms with Gasteiger partial charge in [-0.25, -0.2) is 9.97 Å². The molecular formula is C18H19N9O. The van der Waals surface area contributed by atoms with Crippen LogP contribution in [0.4, 0.5) is 5.82 Å². The second-order valence-electron chi connectivity index (χ2n) is 6.60. The average molecular weight is 377 g/mol. The average Bonchev–Trinajstić information content (AvgIpc) is 3.48. The molecule has 142 valence electrons. The number of H-pyrrole nitrogens is 1. The van der Waals surface area contributed by atoms with E-state index < -0.39 is 0 Å². The van der Waals surface area contributed by atoms with E-state index in [0.29, 0.717) is 23.2 Å². The van der Waals surface area contributed by atoms with Crippen molar-refractivity contribution < 1.29 is 4.74 Å². The molecule has 1 aliphatic rings. The van der Waals surface area contributed by atoms with Crippen molar-refractivity contribution in [1.82, 2.24) is 40.3 Å². The van der Waals surface area contributed by atoms with Gasteiger partial charge in [-0.1, -0.05) is 6.07 Å². The van der Waals surface area contributed by atoms with Gasteiger partial charge in [0.25, 0.3) is 0 Å². The molecule has 0 radical (unpaired) electrons. The first-order valence-electron chi connectivity index (χ1n) is 9.05. The number of aromatic nitrogens is 7. The molecule has 0 spiro atoms. The highest BCUT2D eigenvalue weighted by Gasteiger charge is 2.17. The maximum atomic E-state index is 5.48. The normalized spacial score (nSPS) is 16.5. The van der Waals surface area contributed by atoms with E-state index in [4.69, 9.17) is 9.72 Å². The zero-order chi connectivity index (χ0) is 18.9. The molecule has 5 heterocycles. The number of aromatic amines is 1. The molecule has 3 N–H and O–H groups in total. The van der Waals surface area contributed by atoms with Gasteiger partial charge in [0, 0.05) is 24.8 Å². The predicted octanol–water partition coefficient (Wildman–Crippen LogP) is 1.36. The van der Waals surface area contributed by atoms with Crippen LogP contribution >= 0.6 is 0 Å². The number of nitrogens with one attached hydrogen (secondary N) is 3. The smallest absolute Gasteiger partial charge is 0.209 e. The summed E-state index contributed by atoms with van der Waals surface area (Å²) in [7, 11) is 1.61. The van der Waals surface area contributed by atoms with Crippen molar-refractivity contribution >= 4 is 11.5 Å². The second kappa shape index (κ2) is 6.89. The number of imidazole rings is 1. The molecule has 10 nitrogen and oxygen atoms in total. The second-order valence-corrected chi connectivity index (χ2v) is 6.60. The van der Waals surface area contributed by atoms with Crippen LogP contribution in [0.2, 0.25) is 0 Å². The Bertz CT molecular complexity index is 1100. The van der Waals surface area contributed by atoms with Gasteiger partial charge in [-0.15, -0.1) is 10.2 Å². The topological polar surface area (TPSA) is 118 Å². The number of rotatable bonds is 5. The highest BCUT2D eigenvalue weighted by atomic mass is 16.5. The monoisotopic (exact) mass is 377 g/mol. The van der Waals surface area contributed by atoms with Gasteiger partial charge in [0.05, 0.1) is 30.3 Å². The summed E-state index contributed by atoms with van der Waals surface area (Å²) in [5.41, 5.74) is 3.16.